The van der Waals surface area contributed by atoms with E-state index in [2.05, 4.69) is 18.7 Å². The van der Waals surface area contributed by atoms with Crippen LogP contribution in [0, 0.1) is 0 Å². The molecule has 1 saturated heterocycles. The van der Waals surface area contributed by atoms with Gasteiger partial charge in [-0.3, -0.25) is 4.79 Å². The van der Waals surface area contributed by atoms with Crippen LogP contribution in [0.15, 0.2) is 0 Å². The van der Waals surface area contributed by atoms with Crippen LogP contribution < -0.4 is 0 Å². The van der Waals surface area contributed by atoms with Gasteiger partial charge >= 0.3 is 0 Å². The first-order chi connectivity index (χ1) is 5.70. The lowest BCUT2D eigenvalue weighted by atomic mass is 10.1. The minimum absolute atomic E-state index is 0.457. The van der Waals surface area contributed by atoms with E-state index in [0.29, 0.717) is 11.8 Å². The molecule has 0 aromatic carbocycles. The number of hydrogen-bond acceptors (Lipinski definition) is 2. The largest absolute Gasteiger partial charge is 0.301 e. The molecule has 0 aromatic heterocycles. The molecular formula is C10H19NO. The van der Waals surface area contributed by atoms with Gasteiger partial charge in [0, 0.05) is 18.9 Å². The van der Waals surface area contributed by atoms with Crippen LogP contribution in [0.5, 0.6) is 0 Å². The van der Waals surface area contributed by atoms with Crippen LogP contribution in [-0.4, -0.2) is 29.8 Å². The van der Waals surface area contributed by atoms with Gasteiger partial charge in [0.05, 0.1) is 0 Å². The average molecular weight is 169 g/mol. The Labute approximate surface area is 74.9 Å². The summed E-state index contributed by atoms with van der Waals surface area (Å²) in [6.45, 7) is 6.65. The summed E-state index contributed by atoms with van der Waals surface area (Å²) in [6.07, 6.45) is 3.69. The molecule has 0 unspecified atom stereocenters. The Morgan fingerprint density at radius 2 is 1.67 bits per heavy atom. The maximum absolute atomic E-state index is 11.1. The van der Waals surface area contributed by atoms with Crippen LogP contribution in [0.1, 0.15) is 39.5 Å². The third kappa shape index (κ3) is 2.94. The van der Waals surface area contributed by atoms with Crippen LogP contribution in [0.4, 0.5) is 0 Å². The van der Waals surface area contributed by atoms with E-state index in [1.54, 1.807) is 0 Å². The fourth-order valence-corrected chi connectivity index (χ4v) is 1.71. The van der Waals surface area contributed by atoms with Gasteiger partial charge in [0.15, 0.2) is 0 Å². The predicted octanol–water partition coefficient (Wildman–Crippen LogP) is 1.84. The number of likely N-dealkylation sites (tertiary alicyclic amines) is 1. The fraction of sp³-hybridized carbons (Fsp3) is 0.900. The summed E-state index contributed by atoms with van der Waals surface area (Å²) < 4.78 is 0. The highest BCUT2D eigenvalue weighted by atomic mass is 16.1. The van der Waals surface area contributed by atoms with E-state index in [1.165, 1.54) is 0 Å². The van der Waals surface area contributed by atoms with Gasteiger partial charge in [-0.15, -0.1) is 0 Å². The van der Waals surface area contributed by atoms with E-state index < -0.39 is 0 Å². The Hall–Kier alpha value is -0.370. The lowest BCUT2D eigenvalue weighted by molar-refractivity contribution is -0.119. The molecule has 0 aliphatic carbocycles. The molecule has 0 N–H and O–H groups in total. The minimum Gasteiger partial charge on any atom is -0.301 e. The molecule has 70 valence electrons. The highest BCUT2D eigenvalue weighted by Gasteiger charge is 2.13. The zero-order valence-electron chi connectivity index (χ0n) is 8.18. The molecule has 1 heterocycles. The lowest BCUT2D eigenvalue weighted by Crippen LogP contribution is -2.34. The number of Topliss-reactive ketones (excluding diaryl/α,β-unsaturated/α-hetero) is 1. The van der Waals surface area contributed by atoms with Crippen molar-refractivity contribution in [1.82, 2.24) is 4.90 Å². The number of carbonyl (C=O) groups is 1. The standard InChI is InChI=1S/C10H19NO/c1-9(2)11-7-3-5-10(12)6-4-8-11/h9H,3-8H2,1-2H3. The van der Waals surface area contributed by atoms with Crippen LogP contribution in [0.3, 0.4) is 0 Å². The highest BCUT2D eigenvalue weighted by Crippen LogP contribution is 2.09. The minimum atomic E-state index is 0.457. The number of rotatable bonds is 1. The van der Waals surface area contributed by atoms with E-state index in [0.717, 1.165) is 38.8 Å². The quantitative estimate of drug-likeness (QED) is 0.597. The first-order valence-electron chi connectivity index (χ1n) is 4.96. The highest BCUT2D eigenvalue weighted by molar-refractivity contribution is 5.78. The second-order valence-corrected chi connectivity index (χ2v) is 3.88. The number of ketones is 1. The molecule has 0 aromatic rings. The van der Waals surface area contributed by atoms with Crippen LogP contribution in [0.25, 0.3) is 0 Å². The number of hydrogen-bond donors (Lipinski definition) is 0. The summed E-state index contributed by atoms with van der Waals surface area (Å²) in [5.41, 5.74) is 0. The molecule has 2 nitrogen and oxygen atoms in total. The van der Waals surface area contributed by atoms with E-state index in [1.807, 2.05) is 0 Å². The molecular weight excluding hydrogens is 150 g/mol. The van der Waals surface area contributed by atoms with Crippen LogP contribution in [-0.2, 0) is 4.79 Å². The Morgan fingerprint density at radius 3 is 2.08 bits per heavy atom. The SMILES string of the molecule is CC(C)N1CCCC(=O)CCC1. The molecule has 0 bridgehead atoms. The van der Waals surface area contributed by atoms with Crippen molar-refractivity contribution < 1.29 is 4.79 Å². The molecule has 1 aliphatic rings. The Kier molecular flexibility index (Phi) is 3.73. The third-order valence-electron chi connectivity index (χ3n) is 2.53. The van der Waals surface area contributed by atoms with Gasteiger partial charge in [-0.05, 0) is 39.8 Å². The van der Waals surface area contributed by atoms with Crippen molar-refractivity contribution in [3.8, 4) is 0 Å². The van der Waals surface area contributed by atoms with Crippen LogP contribution >= 0.6 is 0 Å². The molecule has 0 amide bonds. The molecule has 0 radical (unpaired) electrons. The fourth-order valence-electron chi connectivity index (χ4n) is 1.71. The molecule has 1 aliphatic heterocycles. The average Bonchev–Trinajstić information content (AvgIpc) is 1.95. The molecule has 2 heteroatoms. The summed E-state index contributed by atoms with van der Waals surface area (Å²) in [5.74, 6) is 0.457. The summed E-state index contributed by atoms with van der Waals surface area (Å²) >= 11 is 0. The second kappa shape index (κ2) is 4.61. The van der Waals surface area contributed by atoms with Crippen molar-refractivity contribution in [2.75, 3.05) is 13.1 Å². The first kappa shape index (κ1) is 9.72. The van der Waals surface area contributed by atoms with Crippen molar-refractivity contribution in [1.29, 1.82) is 0 Å². The summed E-state index contributed by atoms with van der Waals surface area (Å²) in [4.78, 5) is 13.6. The maximum atomic E-state index is 11.1. The predicted molar refractivity (Wildman–Crippen MR) is 50.2 cm³/mol. The second-order valence-electron chi connectivity index (χ2n) is 3.88. The smallest absolute Gasteiger partial charge is 0.133 e. The van der Waals surface area contributed by atoms with E-state index in [-0.39, 0.29) is 0 Å². The monoisotopic (exact) mass is 169 g/mol. The van der Waals surface area contributed by atoms with Crippen LogP contribution in [0.2, 0.25) is 0 Å². The normalized spacial score (nSPS) is 22.4. The molecule has 1 fully saturated rings. The van der Waals surface area contributed by atoms with E-state index in [4.69, 9.17) is 0 Å². The van der Waals surface area contributed by atoms with Crippen molar-refractivity contribution in [2.45, 2.75) is 45.6 Å². The van der Waals surface area contributed by atoms with Gasteiger partial charge in [0.25, 0.3) is 0 Å². The van der Waals surface area contributed by atoms with Crippen molar-refractivity contribution in [2.24, 2.45) is 0 Å². The van der Waals surface area contributed by atoms with Gasteiger partial charge in [0.2, 0.25) is 0 Å². The molecule has 0 atom stereocenters. The lowest BCUT2D eigenvalue weighted by Gasteiger charge is -2.27. The first-order valence-corrected chi connectivity index (χ1v) is 4.96. The molecule has 1 rings (SSSR count). The molecule has 12 heavy (non-hydrogen) atoms. The molecule has 0 saturated carbocycles. The topological polar surface area (TPSA) is 20.3 Å². The Bertz CT molecular complexity index is 142. The van der Waals surface area contributed by atoms with E-state index >= 15 is 0 Å². The summed E-state index contributed by atoms with van der Waals surface area (Å²) in [7, 11) is 0. The van der Waals surface area contributed by atoms with Crippen molar-refractivity contribution >= 4 is 5.78 Å². The zero-order chi connectivity index (χ0) is 8.97. The summed E-state index contributed by atoms with van der Waals surface area (Å²) in [5, 5.41) is 0. The van der Waals surface area contributed by atoms with Gasteiger partial charge in [-0.25, -0.2) is 0 Å². The van der Waals surface area contributed by atoms with E-state index in [9.17, 15) is 4.79 Å². The van der Waals surface area contributed by atoms with Crippen molar-refractivity contribution in [3.05, 3.63) is 0 Å². The number of nitrogens with zero attached hydrogens (tertiary/aromatic N) is 1. The van der Waals surface area contributed by atoms with Crippen molar-refractivity contribution in [3.63, 3.8) is 0 Å². The van der Waals surface area contributed by atoms with Gasteiger partial charge < -0.3 is 4.90 Å². The Morgan fingerprint density at radius 1 is 1.17 bits per heavy atom. The van der Waals surface area contributed by atoms with Gasteiger partial charge in [-0.2, -0.15) is 0 Å². The maximum Gasteiger partial charge on any atom is 0.133 e. The number of carbonyl (C=O) groups excluding carboxylic acids is 1. The molecule has 0 spiro atoms. The third-order valence-corrected chi connectivity index (χ3v) is 2.53. The van der Waals surface area contributed by atoms with Gasteiger partial charge in [0.1, 0.15) is 5.78 Å². The van der Waals surface area contributed by atoms with Gasteiger partial charge in [-0.1, -0.05) is 0 Å². The summed E-state index contributed by atoms with van der Waals surface area (Å²) in [6, 6.07) is 0.637. The Balaban J connectivity index is 2.35. The zero-order valence-corrected chi connectivity index (χ0v) is 8.18.